The van der Waals surface area contributed by atoms with Crippen molar-refractivity contribution >= 4 is 5.97 Å². The lowest BCUT2D eigenvalue weighted by Crippen LogP contribution is -2.09. The summed E-state index contributed by atoms with van der Waals surface area (Å²) in [6.07, 6.45) is 14.9. The molecule has 4 heteroatoms. The maximum Gasteiger partial charge on any atom is 0.305 e. The maximum absolute atomic E-state index is 11.6. The molecule has 0 radical (unpaired) electrons. The molecule has 0 atom stereocenters. The van der Waals surface area contributed by atoms with Crippen LogP contribution in [-0.2, 0) is 19.0 Å². The molecule has 0 fully saturated rings. The molecule has 27 heavy (non-hydrogen) atoms. The van der Waals surface area contributed by atoms with Gasteiger partial charge in [-0.15, -0.1) is 0 Å². The molecule has 4 nitrogen and oxygen atoms in total. The highest BCUT2D eigenvalue weighted by molar-refractivity contribution is 5.69. The SMILES string of the molecule is CCCCCCCCOCCOCCCC(=O)OCCCCCCC(C)C. The molecule has 0 bridgehead atoms. The predicted octanol–water partition coefficient (Wildman–Crippen LogP) is 6.31. The second kappa shape index (κ2) is 21.7. The Kier molecular flexibility index (Phi) is 21.2. The van der Waals surface area contributed by atoms with E-state index in [0.29, 0.717) is 32.8 Å². The summed E-state index contributed by atoms with van der Waals surface area (Å²) in [4.78, 5) is 11.6. The minimum Gasteiger partial charge on any atom is -0.466 e. The number of carbonyl (C=O) groups is 1. The number of rotatable bonds is 21. The van der Waals surface area contributed by atoms with Crippen molar-refractivity contribution in [2.45, 2.75) is 104 Å². The molecule has 0 unspecified atom stereocenters. The Labute approximate surface area is 168 Å². The Bertz CT molecular complexity index is 305. The molecule has 0 aromatic carbocycles. The van der Waals surface area contributed by atoms with Crippen molar-refractivity contribution in [3.05, 3.63) is 0 Å². The number of ether oxygens (including phenoxy) is 3. The second-order valence-electron chi connectivity index (χ2n) is 7.91. The predicted molar refractivity (Wildman–Crippen MR) is 113 cm³/mol. The van der Waals surface area contributed by atoms with Gasteiger partial charge in [-0.2, -0.15) is 0 Å². The van der Waals surface area contributed by atoms with E-state index in [1.165, 1.54) is 51.4 Å². The largest absolute Gasteiger partial charge is 0.466 e. The lowest BCUT2D eigenvalue weighted by atomic mass is 10.0. The maximum atomic E-state index is 11.6. The van der Waals surface area contributed by atoms with Gasteiger partial charge in [0.05, 0.1) is 19.8 Å². The summed E-state index contributed by atoms with van der Waals surface area (Å²) < 4.78 is 16.3. The molecule has 0 saturated heterocycles. The molecular weight excluding hydrogens is 340 g/mol. The van der Waals surface area contributed by atoms with Crippen molar-refractivity contribution in [3.8, 4) is 0 Å². The second-order valence-corrected chi connectivity index (χ2v) is 7.91. The zero-order valence-electron chi connectivity index (χ0n) is 18.4. The Morgan fingerprint density at radius 2 is 1.22 bits per heavy atom. The third-order valence-electron chi connectivity index (χ3n) is 4.62. The fourth-order valence-electron chi connectivity index (χ4n) is 2.89. The first-order valence-corrected chi connectivity index (χ1v) is 11.5. The summed E-state index contributed by atoms with van der Waals surface area (Å²) in [5.74, 6) is 0.692. The van der Waals surface area contributed by atoms with Crippen LogP contribution in [0.2, 0.25) is 0 Å². The number of hydrogen-bond acceptors (Lipinski definition) is 4. The van der Waals surface area contributed by atoms with Crippen LogP contribution in [0.25, 0.3) is 0 Å². The van der Waals surface area contributed by atoms with Gasteiger partial charge < -0.3 is 14.2 Å². The molecular formula is C23H46O4. The van der Waals surface area contributed by atoms with Gasteiger partial charge in [0.2, 0.25) is 0 Å². The average molecular weight is 387 g/mol. The van der Waals surface area contributed by atoms with Crippen LogP contribution in [0.3, 0.4) is 0 Å². The van der Waals surface area contributed by atoms with Gasteiger partial charge in [0.1, 0.15) is 0 Å². The first kappa shape index (κ1) is 26.4. The van der Waals surface area contributed by atoms with Crippen LogP contribution >= 0.6 is 0 Å². The third kappa shape index (κ3) is 23.4. The van der Waals surface area contributed by atoms with Crippen LogP contribution in [0, 0.1) is 5.92 Å². The Hall–Kier alpha value is -0.610. The van der Waals surface area contributed by atoms with E-state index in [0.717, 1.165) is 38.2 Å². The summed E-state index contributed by atoms with van der Waals surface area (Å²) in [6, 6.07) is 0. The van der Waals surface area contributed by atoms with E-state index in [9.17, 15) is 4.79 Å². The summed E-state index contributed by atoms with van der Waals surface area (Å²) >= 11 is 0. The molecule has 0 N–H and O–H groups in total. The van der Waals surface area contributed by atoms with Crippen LogP contribution in [0.15, 0.2) is 0 Å². The zero-order chi connectivity index (χ0) is 20.0. The van der Waals surface area contributed by atoms with Gasteiger partial charge in [-0.3, -0.25) is 4.79 Å². The van der Waals surface area contributed by atoms with Crippen molar-refractivity contribution < 1.29 is 19.0 Å². The third-order valence-corrected chi connectivity index (χ3v) is 4.62. The molecule has 0 rings (SSSR count). The van der Waals surface area contributed by atoms with Gasteiger partial charge in [0.25, 0.3) is 0 Å². The van der Waals surface area contributed by atoms with Gasteiger partial charge in [-0.25, -0.2) is 0 Å². The molecule has 0 heterocycles. The van der Waals surface area contributed by atoms with E-state index in [1.54, 1.807) is 0 Å². The number of hydrogen-bond donors (Lipinski definition) is 0. The average Bonchev–Trinajstić information content (AvgIpc) is 2.64. The van der Waals surface area contributed by atoms with Crippen molar-refractivity contribution in [2.75, 3.05) is 33.0 Å². The quantitative estimate of drug-likeness (QED) is 0.171. The fourth-order valence-corrected chi connectivity index (χ4v) is 2.89. The van der Waals surface area contributed by atoms with E-state index in [4.69, 9.17) is 14.2 Å². The molecule has 0 amide bonds. The van der Waals surface area contributed by atoms with Gasteiger partial charge in [-0.1, -0.05) is 78.6 Å². The zero-order valence-corrected chi connectivity index (χ0v) is 18.4. The monoisotopic (exact) mass is 386 g/mol. The van der Waals surface area contributed by atoms with E-state index in [2.05, 4.69) is 20.8 Å². The highest BCUT2D eigenvalue weighted by Crippen LogP contribution is 2.09. The van der Waals surface area contributed by atoms with Gasteiger partial charge in [-0.05, 0) is 25.2 Å². The van der Waals surface area contributed by atoms with Crippen LogP contribution in [0.4, 0.5) is 0 Å². The highest BCUT2D eigenvalue weighted by Gasteiger charge is 2.03. The molecule has 0 aliphatic heterocycles. The smallest absolute Gasteiger partial charge is 0.305 e. The van der Waals surface area contributed by atoms with Crippen LogP contribution < -0.4 is 0 Å². The lowest BCUT2D eigenvalue weighted by molar-refractivity contribution is -0.144. The Balaban J connectivity index is 3.14. The molecule has 0 saturated carbocycles. The number of unbranched alkanes of at least 4 members (excludes halogenated alkanes) is 8. The number of carbonyl (C=O) groups excluding carboxylic acids is 1. The first-order valence-electron chi connectivity index (χ1n) is 11.5. The fraction of sp³-hybridized carbons (Fsp3) is 0.957. The van der Waals surface area contributed by atoms with Crippen molar-refractivity contribution in [1.82, 2.24) is 0 Å². The first-order chi connectivity index (χ1) is 13.2. The molecule has 0 spiro atoms. The number of esters is 1. The minimum absolute atomic E-state index is 0.0971. The van der Waals surface area contributed by atoms with Crippen molar-refractivity contribution in [3.63, 3.8) is 0 Å². The van der Waals surface area contributed by atoms with Crippen LogP contribution in [0.5, 0.6) is 0 Å². The Morgan fingerprint density at radius 1 is 0.667 bits per heavy atom. The van der Waals surface area contributed by atoms with E-state index < -0.39 is 0 Å². The summed E-state index contributed by atoms with van der Waals surface area (Å²) in [7, 11) is 0. The molecule has 162 valence electrons. The summed E-state index contributed by atoms with van der Waals surface area (Å²) in [5.41, 5.74) is 0. The molecule has 0 aromatic heterocycles. The van der Waals surface area contributed by atoms with E-state index in [1.807, 2.05) is 0 Å². The minimum atomic E-state index is -0.0971. The van der Waals surface area contributed by atoms with Crippen molar-refractivity contribution in [1.29, 1.82) is 0 Å². The lowest BCUT2D eigenvalue weighted by Gasteiger charge is -2.07. The molecule has 0 aliphatic carbocycles. The van der Waals surface area contributed by atoms with Gasteiger partial charge in [0.15, 0.2) is 0 Å². The topological polar surface area (TPSA) is 44.8 Å². The van der Waals surface area contributed by atoms with E-state index >= 15 is 0 Å². The Morgan fingerprint density at radius 3 is 1.89 bits per heavy atom. The van der Waals surface area contributed by atoms with Crippen molar-refractivity contribution in [2.24, 2.45) is 5.92 Å². The molecule has 0 aliphatic rings. The molecule has 0 aromatic rings. The van der Waals surface area contributed by atoms with Crippen LogP contribution in [0.1, 0.15) is 104 Å². The standard InChI is InChI=1S/C23H46O4/c1-4-5-6-7-9-12-17-25-20-21-26-18-14-16-23(24)27-19-13-10-8-11-15-22(2)3/h22H,4-21H2,1-3H3. The van der Waals surface area contributed by atoms with E-state index in [-0.39, 0.29) is 5.97 Å². The van der Waals surface area contributed by atoms with Gasteiger partial charge >= 0.3 is 5.97 Å². The van der Waals surface area contributed by atoms with Crippen LogP contribution in [-0.4, -0.2) is 39.0 Å². The van der Waals surface area contributed by atoms with Gasteiger partial charge in [0, 0.05) is 19.6 Å². The normalized spacial score (nSPS) is 11.3. The highest BCUT2D eigenvalue weighted by atomic mass is 16.5. The summed E-state index contributed by atoms with van der Waals surface area (Å²) in [6.45, 7) is 10.0. The summed E-state index contributed by atoms with van der Waals surface area (Å²) in [5, 5.41) is 0.